The van der Waals surface area contributed by atoms with Gasteiger partial charge in [0.15, 0.2) is 5.96 Å². The summed E-state index contributed by atoms with van der Waals surface area (Å²) in [7, 11) is 0. The first-order chi connectivity index (χ1) is 11.1. The molecule has 2 fully saturated rings. The minimum atomic E-state index is 0.257. The molecule has 0 aromatic heterocycles. The third-order valence-electron chi connectivity index (χ3n) is 5.17. The van der Waals surface area contributed by atoms with Crippen molar-refractivity contribution in [2.75, 3.05) is 26.2 Å². The van der Waals surface area contributed by atoms with Gasteiger partial charge in [0, 0.05) is 38.6 Å². The molecule has 1 amide bonds. The number of carbonyl (C=O) groups is 1. The summed E-state index contributed by atoms with van der Waals surface area (Å²) in [5.41, 5.74) is 0. The quantitative estimate of drug-likeness (QED) is 0.603. The van der Waals surface area contributed by atoms with Crippen LogP contribution in [0.5, 0.6) is 0 Å². The number of nitrogens with zero attached hydrogens (tertiary/aromatic N) is 2. The van der Waals surface area contributed by atoms with Gasteiger partial charge in [-0.05, 0) is 38.0 Å². The summed E-state index contributed by atoms with van der Waals surface area (Å²) in [5.74, 6) is 2.81. The highest BCUT2D eigenvalue weighted by Crippen LogP contribution is 2.28. The molecule has 0 aromatic rings. The highest BCUT2D eigenvalue weighted by molar-refractivity contribution is 5.80. The molecule has 2 rings (SSSR count). The van der Waals surface area contributed by atoms with Crippen molar-refractivity contribution in [2.45, 2.75) is 65.3 Å². The standard InChI is InChI=1S/C18H34N4O/c1-4-17(23)22-11-10-16(13-22)21-18(19-5-2)20-12-15-8-6-14(3)7-9-15/h14-16H,4-13H2,1-3H3,(H2,19,20,21). The highest BCUT2D eigenvalue weighted by atomic mass is 16.2. The molecule has 1 unspecified atom stereocenters. The fraction of sp³-hybridized carbons (Fsp3) is 0.889. The fourth-order valence-corrected chi connectivity index (χ4v) is 3.57. The summed E-state index contributed by atoms with van der Waals surface area (Å²) >= 11 is 0. The Balaban J connectivity index is 1.81. The van der Waals surface area contributed by atoms with Gasteiger partial charge in [0.1, 0.15) is 0 Å². The molecule has 1 atom stereocenters. The zero-order valence-electron chi connectivity index (χ0n) is 15.1. The molecule has 5 nitrogen and oxygen atoms in total. The van der Waals surface area contributed by atoms with Crippen LogP contribution in [0.25, 0.3) is 0 Å². The van der Waals surface area contributed by atoms with Crippen molar-refractivity contribution in [3.8, 4) is 0 Å². The predicted molar refractivity (Wildman–Crippen MR) is 95.5 cm³/mol. The van der Waals surface area contributed by atoms with Crippen LogP contribution in [0, 0.1) is 11.8 Å². The van der Waals surface area contributed by atoms with E-state index in [0.29, 0.717) is 12.5 Å². The molecule has 23 heavy (non-hydrogen) atoms. The fourth-order valence-electron chi connectivity index (χ4n) is 3.57. The predicted octanol–water partition coefficient (Wildman–Crippen LogP) is 2.38. The van der Waals surface area contributed by atoms with Crippen molar-refractivity contribution in [2.24, 2.45) is 16.8 Å². The van der Waals surface area contributed by atoms with Gasteiger partial charge >= 0.3 is 0 Å². The van der Waals surface area contributed by atoms with Crippen LogP contribution in [0.15, 0.2) is 4.99 Å². The lowest BCUT2D eigenvalue weighted by atomic mass is 9.83. The Morgan fingerprint density at radius 1 is 1.17 bits per heavy atom. The lowest BCUT2D eigenvalue weighted by Crippen LogP contribution is -2.45. The number of nitrogens with one attached hydrogen (secondary N) is 2. The van der Waals surface area contributed by atoms with Crippen LogP contribution >= 0.6 is 0 Å². The van der Waals surface area contributed by atoms with E-state index in [1.807, 2.05) is 11.8 Å². The average molecular weight is 322 g/mol. The molecule has 0 aromatic carbocycles. The van der Waals surface area contributed by atoms with Gasteiger partial charge in [-0.25, -0.2) is 0 Å². The Labute approximate surface area is 141 Å². The second kappa shape index (κ2) is 9.14. The van der Waals surface area contributed by atoms with Crippen molar-refractivity contribution in [3.05, 3.63) is 0 Å². The lowest BCUT2D eigenvalue weighted by molar-refractivity contribution is -0.129. The van der Waals surface area contributed by atoms with Crippen LogP contribution in [0.1, 0.15) is 59.3 Å². The number of hydrogen-bond donors (Lipinski definition) is 2. The van der Waals surface area contributed by atoms with E-state index >= 15 is 0 Å². The summed E-state index contributed by atoms with van der Waals surface area (Å²) in [6.07, 6.45) is 6.93. The van der Waals surface area contributed by atoms with Crippen molar-refractivity contribution in [1.29, 1.82) is 0 Å². The molecule has 5 heteroatoms. The average Bonchev–Trinajstić information content (AvgIpc) is 3.02. The van der Waals surface area contributed by atoms with Gasteiger partial charge in [-0.1, -0.05) is 26.7 Å². The van der Waals surface area contributed by atoms with Crippen LogP contribution < -0.4 is 10.6 Å². The van der Waals surface area contributed by atoms with Gasteiger partial charge in [-0.2, -0.15) is 0 Å². The number of amides is 1. The molecular weight excluding hydrogens is 288 g/mol. The Hall–Kier alpha value is -1.26. The minimum Gasteiger partial charge on any atom is -0.357 e. The first-order valence-electron chi connectivity index (χ1n) is 9.45. The van der Waals surface area contributed by atoms with Crippen LogP contribution in [-0.2, 0) is 4.79 Å². The second-order valence-electron chi connectivity index (χ2n) is 7.17. The summed E-state index contributed by atoms with van der Waals surface area (Å²) in [4.78, 5) is 18.6. The SMILES string of the molecule is CCNC(=NCC1CCC(C)CC1)NC1CCN(C(=O)CC)C1. The molecule has 2 aliphatic rings. The monoisotopic (exact) mass is 322 g/mol. The molecule has 1 aliphatic carbocycles. The Bertz CT molecular complexity index is 402. The van der Waals surface area contributed by atoms with Crippen molar-refractivity contribution in [3.63, 3.8) is 0 Å². The van der Waals surface area contributed by atoms with E-state index in [0.717, 1.165) is 50.4 Å². The number of carbonyl (C=O) groups excluding carboxylic acids is 1. The van der Waals surface area contributed by atoms with Gasteiger partial charge < -0.3 is 15.5 Å². The molecule has 1 saturated heterocycles. The van der Waals surface area contributed by atoms with Gasteiger partial charge in [0.25, 0.3) is 0 Å². The Morgan fingerprint density at radius 3 is 2.57 bits per heavy atom. The first-order valence-corrected chi connectivity index (χ1v) is 9.45. The van der Waals surface area contributed by atoms with Crippen LogP contribution in [0.2, 0.25) is 0 Å². The Kier molecular flexibility index (Phi) is 7.18. The van der Waals surface area contributed by atoms with E-state index in [1.54, 1.807) is 0 Å². The zero-order chi connectivity index (χ0) is 16.7. The molecule has 1 saturated carbocycles. The maximum absolute atomic E-state index is 11.8. The third-order valence-corrected chi connectivity index (χ3v) is 5.17. The van der Waals surface area contributed by atoms with Gasteiger partial charge in [-0.15, -0.1) is 0 Å². The second-order valence-corrected chi connectivity index (χ2v) is 7.17. The number of rotatable bonds is 5. The third kappa shape index (κ3) is 5.70. The van der Waals surface area contributed by atoms with Crippen molar-refractivity contribution >= 4 is 11.9 Å². The number of likely N-dealkylation sites (tertiary alicyclic amines) is 1. The summed E-state index contributed by atoms with van der Waals surface area (Å²) in [6.45, 7) is 9.85. The van der Waals surface area contributed by atoms with E-state index in [-0.39, 0.29) is 5.91 Å². The maximum Gasteiger partial charge on any atom is 0.222 e. The van der Waals surface area contributed by atoms with E-state index in [1.165, 1.54) is 25.7 Å². The highest BCUT2D eigenvalue weighted by Gasteiger charge is 2.26. The van der Waals surface area contributed by atoms with Crippen LogP contribution in [0.4, 0.5) is 0 Å². The normalized spacial score (nSPS) is 28.7. The summed E-state index contributed by atoms with van der Waals surface area (Å²) in [5, 5.41) is 6.87. The molecule has 0 spiro atoms. The van der Waals surface area contributed by atoms with Crippen molar-refractivity contribution < 1.29 is 4.79 Å². The molecule has 132 valence electrons. The number of hydrogen-bond acceptors (Lipinski definition) is 2. The molecule has 0 bridgehead atoms. The van der Waals surface area contributed by atoms with E-state index in [2.05, 4.69) is 24.5 Å². The van der Waals surface area contributed by atoms with Crippen LogP contribution in [-0.4, -0.2) is 49.0 Å². The lowest BCUT2D eigenvalue weighted by Gasteiger charge is -2.25. The van der Waals surface area contributed by atoms with Gasteiger partial charge in [0.2, 0.25) is 5.91 Å². The van der Waals surface area contributed by atoms with Crippen molar-refractivity contribution in [1.82, 2.24) is 15.5 Å². The molecule has 2 N–H and O–H groups in total. The first kappa shape index (κ1) is 18.1. The van der Waals surface area contributed by atoms with E-state index < -0.39 is 0 Å². The molecule has 1 heterocycles. The smallest absolute Gasteiger partial charge is 0.222 e. The molecule has 0 radical (unpaired) electrons. The number of guanidine groups is 1. The maximum atomic E-state index is 11.8. The van der Waals surface area contributed by atoms with Crippen LogP contribution in [0.3, 0.4) is 0 Å². The Morgan fingerprint density at radius 2 is 1.91 bits per heavy atom. The largest absolute Gasteiger partial charge is 0.357 e. The summed E-state index contributed by atoms with van der Waals surface area (Å²) < 4.78 is 0. The summed E-state index contributed by atoms with van der Waals surface area (Å²) in [6, 6.07) is 0.328. The van der Waals surface area contributed by atoms with E-state index in [9.17, 15) is 4.79 Å². The molecule has 1 aliphatic heterocycles. The van der Waals surface area contributed by atoms with Gasteiger partial charge in [-0.3, -0.25) is 9.79 Å². The topological polar surface area (TPSA) is 56.7 Å². The van der Waals surface area contributed by atoms with Gasteiger partial charge in [0.05, 0.1) is 0 Å². The minimum absolute atomic E-state index is 0.257. The molecular formula is C18H34N4O. The van der Waals surface area contributed by atoms with E-state index in [4.69, 9.17) is 4.99 Å². The zero-order valence-corrected chi connectivity index (χ0v) is 15.1. The number of aliphatic imine (C=N–C) groups is 1.